The van der Waals surface area contributed by atoms with Gasteiger partial charge in [0, 0.05) is 44.1 Å². The lowest BCUT2D eigenvalue weighted by Gasteiger charge is -2.36. The molecule has 2 aromatic rings. The first kappa shape index (κ1) is 16.8. The molecule has 1 fully saturated rings. The van der Waals surface area contributed by atoms with Crippen LogP contribution in [-0.2, 0) is 19.4 Å². The fourth-order valence-corrected chi connectivity index (χ4v) is 3.53. The van der Waals surface area contributed by atoms with Crippen molar-refractivity contribution in [2.75, 3.05) is 36.8 Å². The van der Waals surface area contributed by atoms with E-state index in [9.17, 15) is 0 Å². The molecule has 0 aliphatic carbocycles. The number of rotatable bonds is 5. The molecule has 2 aromatic carbocycles. The highest BCUT2D eigenvalue weighted by molar-refractivity contribution is 5.64. The van der Waals surface area contributed by atoms with Crippen molar-refractivity contribution >= 4 is 11.4 Å². The highest BCUT2D eigenvalue weighted by Gasteiger charge is 2.18. The Hall–Kier alpha value is -2.00. The SMILES string of the molecule is CCc1cc(N2CCN(Cc3ccccc3)CC2)cc(CC)c1N. The van der Waals surface area contributed by atoms with Crippen LogP contribution in [-0.4, -0.2) is 31.1 Å². The van der Waals surface area contributed by atoms with Gasteiger partial charge >= 0.3 is 0 Å². The number of aryl methyl sites for hydroxylation is 2. The second-order valence-corrected chi connectivity index (χ2v) is 6.63. The summed E-state index contributed by atoms with van der Waals surface area (Å²) in [6.45, 7) is 9.83. The van der Waals surface area contributed by atoms with Crippen LogP contribution in [0, 0.1) is 0 Å². The van der Waals surface area contributed by atoms with Crippen molar-refractivity contribution in [3.05, 3.63) is 59.2 Å². The molecule has 3 rings (SSSR count). The van der Waals surface area contributed by atoms with Crippen LogP contribution in [0.4, 0.5) is 11.4 Å². The molecule has 1 aliphatic heterocycles. The van der Waals surface area contributed by atoms with E-state index in [0.717, 1.165) is 51.3 Å². The minimum Gasteiger partial charge on any atom is -0.398 e. The van der Waals surface area contributed by atoms with E-state index in [-0.39, 0.29) is 0 Å². The Morgan fingerprint density at radius 2 is 1.46 bits per heavy atom. The minimum atomic E-state index is 0.992. The fourth-order valence-electron chi connectivity index (χ4n) is 3.53. The maximum absolute atomic E-state index is 6.28. The second kappa shape index (κ2) is 7.71. The Balaban J connectivity index is 1.66. The van der Waals surface area contributed by atoms with E-state index >= 15 is 0 Å². The first-order valence-corrected chi connectivity index (χ1v) is 9.13. The van der Waals surface area contributed by atoms with Gasteiger partial charge in [0.1, 0.15) is 0 Å². The lowest BCUT2D eigenvalue weighted by Crippen LogP contribution is -2.46. The van der Waals surface area contributed by atoms with Gasteiger partial charge in [-0.25, -0.2) is 0 Å². The summed E-state index contributed by atoms with van der Waals surface area (Å²) in [7, 11) is 0. The predicted molar refractivity (Wildman–Crippen MR) is 104 cm³/mol. The molecule has 0 bridgehead atoms. The highest BCUT2D eigenvalue weighted by Crippen LogP contribution is 2.27. The van der Waals surface area contributed by atoms with Gasteiger partial charge in [0.2, 0.25) is 0 Å². The van der Waals surface area contributed by atoms with E-state index in [4.69, 9.17) is 5.73 Å². The normalized spacial score (nSPS) is 15.7. The molecular weight excluding hydrogens is 294 g/mol. The summed E-state index contributed by atoms with van der Waals surface area (Å²) in [6.07, 6.45) is 2.00. The Labute approximate surface area is 146 Å². The van der Waals surface area contributed by atoms with Crippen LogP contribution in [0.1, 0.15) is 30.5 Å². The maximum Gasteiger partial charge on any atom is 0.0380 e. The smallest absolute Gasteiger partial charge is 0.0380 e. The van der Waals surface area contributed by atoms with E-state index in [0.29, 0.717) is 0 Å². The van der Waals surface area contributed by atoms with E-state index in [1.807, 2.05) is 0 Å². The maximum atomic E-state index is 6.28. The zero-order chi connectivity index (χ0) is 16.9. The zero-order valence-electron chi connectivity index (χ0n) is 15.0. The van der Waals surface area contributed by atoms with Gasteiger partial charge in [-0.2, -0.15) is 0 Å². The zero-order valence-corrected chi connectivity index (χ0v) is 15.0. The predicted octanol–water partition coefficient (Wildman–Crippen LogP) is 3.72. The van der Waals surface area contributed by atoms with Crippen molar-refractivity contribution in [3.8, 4) is 0 Å². The van der Waals surface area contributed by atoms with Gasteiger partial charge in [0.15, 0.2) is 0 Å². The van der Waals surface area contributed by atoms with Crippen molar-refractivity contribution in [2.45, 2.75) is 33.2 Å². The number of nitrogens with zero attached hydrogens (tertiary/aromatic N) is 2. The molecule has 0 radical (unpaired) electrons. The van der Waals surface area contributed by atoms with Gasteiger partial charge in [-0.05, 0) is 41.7 Å². The van der Waals surface area contributed by atoms with Gasteiger partial charge in [-0.1, -0.05) is 44.2 Å². The lowest BCUT2D eigenvalue weighted by molar-refractivity contribution is 0.250. The molecule has 1 aliphatic rings. The largest absolute Gasteiger partial charge is 0.398 e. The van der Waals surface area contributed by atoms with Crippen molar-refractivity contribution in [1.29, 1.82) is 0 Å². The average Bonchev–Trinajstić information content (AvgIpc) is 2.63. The molecule has 0 aromatic heterocycles. The third-order valence-electron chi connectivity index (χ3n) is 5.08. The van der Waals surface area contributed by atoms with Crippen LogP contribution in [0.2, 0.25) is 0 Å². The average molecular weight is 323 g/mol. The highest BCUT2D eigenvalue weighted by atomic mass is 15.3. The first-order chi connectivity index (χ1) is 11.7. The molecule has 24 heavy (non-hydrogen) atoms. The second-order valence-electron chi connectivity index (χ2n) is 6.63. The van der Waals surface area contributed by atoms with Gasteiger partial charge in [0.05, 0.1) is 0 Å². The van der Waals surface area contributed by atoms with Crippen LogP contribution in [0.3, 0.4) is 0 Å². The number of benzene rings is 2. The molecule has 0 amide bonds. The van der Waals surface area contributed by atoms with Crippen LogP contribution in [0.15, 0.2) is 42.5 Å². The summed E-state index contributed by atoms with van der Waals surface area (Å²) in [5, 5.41) is 0. The Morgan fingerprint density at radius 3 is 2.00 bits per heavy atom. The van der Waals surface area contributed by atoms with Gasteiger partial charge in [0.25, 0.3) is 0 Å². The van der Waals surface area contributed by atoms with Crippen LogP contribution in [0.5, 0.6) is 0 Å². The standard InChI is InChI=1S/C21H29N3/c1-3-18-14-20(15-19(4-2)21(18)22)24-12-10-23(11-13-24)16-17-8-6-5-7-9-17/h5-9,14-15H,3-4,10-13,16,22H2,1-2H3. The molecule has 0 spiro atoms. The Morgan fingerprint density at radius 1 is 0.875 bits per heavy atom. The number of hydrogen-bond donors (Lipinski definition) is 1. The summed E-state index contributed by atoms with van der Waals surface area (Å²) in [5.41, 5.74) is 12.6. The summed E-state index contributed by atoms with van der Waals surface area (Å²) in [4.78, 5) is 5.06. The number of piperazine rings is 1. The van der Waals surface area contributed by atoms with Crippen molar-refractivity contribution < 1.29 is 0 Å². The van der Waals surface area contributed by atoms with Gasteiger partial charge < -0.3 is 10.6 Å². The molecule has 128 valence electrons. The Kier molecular flexibility index (Phi) is 5.41. The summed E-state index contributed by atoms with van der Waals surface area (Å²) in [6, 6.07) is 15.3. The van der Waals surface area contributed by atoms with E-state index < -0.39 is 0 Å². The molecule has 3 nitrogen and oxygen atoms in total. The summed E-state index contributed by atoms with van der Waals surface area (Å²) < 4.78 is 0. The number of nitrogens with two attached hydrogens (primary N) is 1. The van der Waals surface area contributed by atoms with Crippen molar-refractivity contribution in [1.82, 2.24) is 4.90 Å². The molecule has 0 saturated carbocycles. The number of nitrogen functional groups attached to an aromatic ring is 1. The Bertz CT molecular complexity index is 633. The van der Waals surface area contributed by atoms with Crippen molar-refractivity contribution in [3.63, 3.8) is 0 Å². The first-order valence-electron chi connectivity index (χ1n) is 9.13. The minimum absolute atomic E-state index is 0.992. The van der Waals surface area contributed by atoms with E-state index in [1.54, 1.807) is 0 Å². The van der Waals surface area contributed by atoms with Gasteiger partial charge in [-0.3, -0.25) is 4.90 Å². The molecule has 2 N–H and O–H groups in total. The van der Waals surface area contributed by atoms with Crippen LogP contribution in [0.25, 0.3) is 0 Å². The van der Waals surface area contributed by atoms with E-state index in [1.165, 1.54) is 22.4 Å². The van der Waals surface area contributed by atoms with Crippen molar-refractivity contribution in [2.24, 2.45) is 0 Å². The summed E-state index contributed by atoms with van der Waals surface area (Å²) >= 11 is 0. The molecule has 1 saturated heterocycles. The molecule has 1 heterocycles. The molecule has 0 unspecified atom stereocenters. The quantitative estimate of drug-likeness (QED) is 0.851. The lowest BCUT2D eigenvalue weighted by atomic mass is 10.0. The van der Waals surface area contributed by atoms with Crippen LogP contribution < -0.4 is 10.6 Å². The van der Waals surface area contributed by atoms with Gasteiger partial charge in [-0.15, -0.1) is 0 Å². The topological polar surface area (TPSA) is 32.5 Å². The fraction of sp³-hybridized carbons (Fsp3) is 0.429. The number of anilines is 2. The molecular formula is C21H29N3. The monoisotopic (exact) mass is 323 g/mol. The third-order valence-corrected chi connectivity index (χ3v) is 5.08. The number of hydrogen-bond acceptors (Lipinski definition) is 3. The van der Waals surface area contributed by atoms with Crippen LogP contribution >= 0.6 is 0 Å². The third kappa shape index (κ3) is 3.73. The summed E-state index contributed by atoms with van der Waals surface area (Å²) in [5.74, 6) is 0. The molecule has 3 heteroatoms. The molecule has 0 atom stereocenters. The van der Waals surface area contributed by atoms with E-state index in [2.05, 4.69) is 66.1 Å².